The number of nitrogens with one attached hydrogen (secondary N) is 2. The van der Waals surface area contributed by atoms with E-state index in [1.54, 1.807) is 18.7 Å². The van der Waals surface area contributed by atoms with Crippen molar-refractivity contribution in [1.29, 1.82) is 0 Å². The van der Waals surface area contributed by atoms with Crippen molar-refractivity contribution in [1.82, 2.24) is 29.9 Å². The molecule has 3 aromatic heterocycles. The molecule has 3 heterocycles. The van der Waals surface area contributed by atoms with Crippen LogP contribution in [0.25, 0.3) is 11.2 Å². The van der Waals surface area contributed by atoms with Gasteiger partial charge in [-0.05, 0) is 13.8 Å². The Kier molecular flexibility index (Phi) is 2.79. The van der Waals surface area contributed by atoms with Gasteiger partial charge in [-0.25, -0.2) is 15.0 Å². The molecule has 0 fully saturated rings. The monoisotopic (exact) mass is 255 g/mol. The van der Waals surface area contributed by atoms with Gasteiger partial charge in [0, 0.05) is 12.4 Å². The van der Waals surface area contributed by atoms with Crippen molar-refractivity contribution in [3.05, 3.63) is 35.9 Å². The van der Waals surface area contributed by atoms with Crippen molar-refractivity contribution in [2.24, 2.45) is 0 Å². The van der Waals surface area contributed by atoms with Gasteiger partial charge in [-0.15, -0.1) is 0 Å². The highest BCUT2D eigenvalue weighted by Gasteiger charge is 2.08. The van der Waals surface area contributed by atoms with Gasteiger partial charge in [-0.3, -0.25) is 9.97 Å². The molecule has 0 aromatic carbocycles. The van der Waals surface area contributed by atoms with Gasteiger partial charge in [0.05, 0.1) is 24.3 Å². The number of aryl methyl sites for hydroxylation is 2. The third kappa shape index (κ3) is 2.22. The van der Waals surface area contributed by atoms with Gasteiger partial charge in [-0.2, -0.15) is 0 Å². The summed E-state index contributed by atoms with van der Waals surface area (Å²) < 4.78 is 0. The number of hydrogen-bond donors (Lipinski definition) is 2. The molecule has 0 bridgehead atoms. The molecule has 0 aliphatic rings. The van der Waals surface area contributed by atoms with Gasteiger partial charge in [0.15, 0.2) is 11.5 Å². The largest absolute Gasteiger partial charge is 0.362 e. The summed E-state index contributed by atoms with van der Waals surface area (Å²) in [6.45, 7) is 4.33. The molecule has 19 heavy (non-hydrogen) atoms. The van der Waals surface area contributed by atoms with E-state index < -0.39 is 0 Å². The second kappa shape index (κ2) is 4.60. The number of aromatic nitrogens is 6. The maximum Gasteiger partial charge on any atom is 0.163 e. The number of rotatable bonds is 3. The van der Waals surface area contributed by atoms with Gasteiger partial charge in [0.2, 0.25) is 0 Å². The van der Waals surface area contributed by atoms with Crippen LogP contribution < -0.4 is 5.32 Å². The Morgan fingerprint density at radius 2 is 1.95 bits per heavy atom. The smallest absolute Gasteiger partial charge is 0.163 e. The van der Waals surface area contributed by atoms with E-state index in [-0.39, 0.29) is 0 Å². The number of hydrogen-bond acceptors (Lipinski definition) is 6. The van der Waals surface area contributed by atoms with Crippen molar-refractivity contribution in [2.75, 3.05) is 5.32 Å². The van der Waals surface area contributed by atoms with Crippen LogP contribution in [0.4, 0.5) is 5.82 Å². The van der Waals surface area contributed by atoms with Gasteiger partial charge >= 0.3 is 0 Å². The topological polar surface area (TPSA) is 92.3 Å². The average Bonchev–Trinajstić information content (AvgIpc) is 2.85. The van der Waals surface area contributed by atoms with Gasteiger partial charge in [0.25, 0.3) is 0 Å². The Labute approximate surface area is 109 Å². The standard InChI is InChI=1S/C12H13N7/c1-7-9(14-4-3-13-7)5-15-11-10-12(17-6-16-10)19-8(2)18-11/h3-4,6H,5H2,1-2H3,(H2,15,16,17,18,19). The first-order valence-electron chi connectivity index (χ1n) is 5.92. The zero-order valence-electron chi connectivity index (χ0n) is 10.7. The summed E-state index contributed by atoms with van der Waals surface area (Å²) in [6.07, 6.45) is 4.97. The molecule has 0 radical (unpaired) electrons. The molecule has 0 aliphatic carbocycles. The maximum atomic E-state index is 4.37. The molecule has 3 aromatic rings. The number of fused-ring (bicyclic) bond motifs is 1. The Balaban J connectivity index is 1.90. The van der Waals surface area contributed by atoms with Crippen LogP contribution in [0, 0.1) is 13.8 Å². The van der Waals surface area contributed by atoms with Crippen LogP contribution in [0.3, 0.4) is 0 Å². The first-order valence-corrected chi connectivity index (χ1v) is 5.92. The minimum absolute atomic E-state index is 0.554. The van der Waals surface area contributed by atoms with E-state index in [0.29, 0.717) is 18.2 Å². The van der Waals surface area contributed by atoms with Crippen LogP contribution in [0.5, 0.6) is 0 Å². The van der Waals surface area contributed by atoms with Crippen molar-refractivity contribution < 1.29 is 0 Å². The van der Waals surface area contributed by atoms with E-state index in [0.717, 1.165) is 22.6 Å². The molecule has 0 saturated heterocycles. The van der Waals surface area contributed by atoms with Crippen LogP contribution in [0.15, 0.2) is 18.7 Å². The van der Waals surface area contributed by atoms with Crippen molar-refractivity contribution >= 4 is 17.0 Å². The summed E-state index contributed by atoms with van der Waals surface area (Å²) in [4.78, 5) is 24.3. The Morgan fingerprint density at radius 1 is 1.11 bits per heavy atom. The Hall–Kier alpha value is -2.57. The fraction of sp³-hybridized carbons (Fsp3) is 0.250. The molecule has 3 rings (SSSR count). The number of H-pyrrole nitrogens is 1. The summed E-state index contributed by atoms with van der Waals surface area (Å²) in [6, 6.07) is 0. The molecule has 0 unspecified atom stereocenters. The second-order valence-electron chi connectivity index (χ2n) is 4.16. The van der Waals surface area contributed by atoms with Crippen molar-refractivity contribution in [3.63, 3.8) is 0 Å². The lowest BCUT2D eigenvalue weighted by atomic mass is 10.3. The van der Waals surface area contributed by atoms with E-state index >= 15 is 0 Å². The van der Waals surface area contributed by atoms with E-state index in [1.807, 2.05) is 13.8 Å². The molecule has 0 saturated carbocycles. The molecular formula is C12H13N7. The molecule has 0 atom stereocenters. The second-order valence-corrected chi connectivity index (χ2v) is 4.16. The first kappa shape index (κ1) is 11.5. The van der Waals surface area contributed by atoms with E-state index in [9.17, 15) is 0 Å². The molecule has 96 valence electrons. The summed E-state index contributed by atoms with van der Waals surface area (Å²) in [5.74, 6) is 1.39. The summed E-state index contributed by atoms with van der Waals surface area (Å²) in [5.41, 5.74) is 3.25. The lowest BCUT2D eigenvalue weighted by Crippen LogP contribution is -2.07. The highest BCUT2D eigenvalue weighted by molar-refractivity contribution is 5.82. The Bertz CT molecular complexity index is 719. The fourth-order valence-electron chi connectivity index (χ4n) is 1.85. The molecule has 0 aliphatic heterocycles. The van der Waals surface area contributed by atoms with Crippen LogP contribution in [-0.2, 0) is 6.54 Å². The molecular weight excluding hydrogens is 242 g/mol. The molecule has 0 amide bonds. The van der Waals surface area contributed by atoms with Gasteiger partial charge < -0.3 is 10.3 Å². The third-order valence-electron chi connectivity index (χ3n) is 2.80. The van der Waals surface area contributed by atoms with Crippen molar-refractivity contribution in [3.8, 4) is 0 Å². The van der Waals surface area contributed by atoms with E-state index in [1.165, 1.54) is 0 Å². The SMILES string of the molecule is Cc1nc(NCc2nccnc2C)c2nc[nH]c2n1. The highest BCUT2D eigenvalue weighted by atomic mass is 15.1. The van der Waals surface area contributed by atoms with Crippen LogP contribution in [-0.4, -0.2) is 29.9 Å². The van der Waals surface area contributed by atoms with Crippen LogP contribution >= 0.6 is 0 Å². The number of nitrogens with zero attached hydrogens (tertiary/aromatic N) is 5. The lowest BCUT2D eigenvalue weighted by Gasteiger charge is -2.07. The van der Waals surface area contributed by atoms with Crippen LogP contribution in [0.2, 0.25) is 0 Å². The van der Waals surface area contributed by atoms with Crippen molar-refractivity contribution in [2.45, 2.75) is 20.4 Å². The normalized spacial score (nSPS) is 10.8. The molecule has 7 nitrogen and oxygen atoms in total. The minimum atomic E-state index is 0.554. The van der Waals surface area contributed by atoms with Gasteiger partial charge in [-0.1, -0.05) is 0 Å². The van der Waals surface area contributed by atoms with Crippen LogP contribution in [0.1, 0.15) is 17.2 Å². The predicted octanol–water partition coefficient (Wildman–Crippen LogP) is 1.37. The zero-order valence-corrected chi connectivity index (χ0v) is 10.7. The maximum absolute atomic E-state index is 4.37. The zero-order chi connectivity index (χ0) is 13.2. The quantitative estimate of drug-likeness (QED) is 0.734. The predicted molar refractivity (Wildman–Crippen MR) is 70.5 cm³/mol. The van der Waals surface area contributed by atoms with Gasteiger partial charge in [0.1, 0.15) is 11.3 Å². The molecule has 0 spiro atoms. The number of imidazole rings is 1. The Morgan fingerprint density at radius 3 is 2.79 bits per heavy atom. The number of aromatic amines is 1. The summed E-state index contributed by atoms with van der Waals surface area (Å²) in [7, 11) is 0. The summed E-state index contributed by atoms with van der Waals surface area (Å²) in [5, 5.41) is 3.24. The fourth-order valence-corrected chi connectivity index (χ4v) is 1.85. The molecule has 2 N–H and O–H groups in total. The third-order valence-corrected chi connectivity index (χ3v) is 2.80. The number of anilines is 1. The average molecular weight is 255 g/mol. The van der Waals surface area contributed by atoms with E-state index in [4.69, 9.17) is 0 Å². The van der Waals surface area contributed by atoms with E-state index in [2.05, 4.69) is 35.2 Å². The summed E-state index contributed by atoms with van der Waals surface area (Å²) >= 11 is 0. The lowest BCUT2D eigenvalue weighted by molar-refractivity contribution is 0.952. The molecule has 7 heteroatoms. The first-order chi connectivity index (χ1) is 9.24. The minimum Gasteiger partial charge on any atom is -0.362 e. The highest BCUT2D eigenvalue weighted by Crippen LogP contribution is 2.17.